The highest BCUT2D eigenvalue weighted by Gasteiger charge is 2.38. The molecule has 0 unspecified atom stereocenters. The topological polar surface area (TPSA) is 57.1 Å². The van der Waals surface area contributed by atoms with Gasteiger partial charge >= 0.3 is 0 Å². The van der Waals surface area contributed by atoms with Crippen molar-refractivity contribution >= 4 is 11.5 Å². The number of ether oxygens (including phenoxy) is 2. The van der Waals surface area contributed by atoms with Gasteiger partial charge in [-0.15, -0.1) is 0 Å². The molecule has 14 heavy (non-hydrogen) atoms. The van der Waals surface area contributed by atoms with Crippen LogP contribution in [0.15, 0.2) is 5.16 Å². The number of Topliss-reactive ketones (excluding diaryl/α,β-unsaturated/α-hetero) is 1. The van der Waals surface area contributed by atoms with Crippen LogP contribution in [-0.4, -0.2) is 37.6 Å². The number of rotatable bonds is 3. The number of oxime groups is 1. The maximum absolute atomic E-state index is 11.3. The molecule has 5 nitrogen and oxygen atoms in total. The molecular weight excluding hydrogens is 186 g/mol. The zero-order valence-electron chi connectivity index (χ0n) is 8.70. The summed E-state index contributed by atoms with van der Waals surface area (Å²) < 4.78 is 10.8. The van der Waals surface area contributed by atoms with E-state index in [-0.39, 0.29) is 11.5 Å². The second kappa shape index (κ2) is 4.52. The summed E-state index contributed by atoms with van der Waals surface area (Å²) in [6, 6.07) is 0. The number of carbonyl (C=O) groups is 1. The molecule has 0 amide bonds. The fraction of sp³-hybridized carbons (Fsp3) is 0.778. The van der Waals surface area contributed by atoms with E-state index in [0.29, 0.717) is 13.2 Å². The van der Waals surface area contributed by atoms with Crippen molar-refractivity contribution in [1.29, 1.82) is 0 Å². The molecule has 0 atom stereocenters. The Labute approximate surface area is 83.0 Å². The van der Waals surface area contributed by atoms with Crippen LogP contribution in [0.4, 0.5) is 0 Å². The van der Waals surface area contributed by atoms with Crippen LogP contribution in [0.3, 0.4) is 0 Å². The average molecular weight is 201 g/mol. The molecule has 80 valence electrons. The van der Waals surface area contributed by atoms with Crippen LogP contribution in [0, 0.1) is 0 Å². The van der Waals surface area contributed by atoms with E-state index in [4.69, 9.17) is 9.47 Å². The first-order chi connectivity index (χ1) is 6.60. The van der Waals surface area contributed by atoms with Crippen molar-refractivity contribution in [1.82, 2.24) is 0 Å². The standard InChI is InChI=1S/C9H15NO4/c1-7(11)8(10-12-3)9(2)13-5-4-6-14-9/h4-6H2,1-3H3/b10-8-. The highest BCUT2D eigenvalue weighted by molar-refractivity contribution is 6.41. The smallest absolute Gasteiger partial charge is 0.216 e. The predicted octanol–water partition coefficient (Wildman–Crippen LogP) is 0.731. The predicted molar refractivity (Wildman–Crippen MR) is 50.1 cm³/mol. The van der Waals surface area contributed by atoms with Gasteiger partial charge in [-0.05, 0) is 13.3 Å². The third kappa shape index (κ3) is 2.30. The highest BCUT2D eigenvalue weighted by atomic mass is 16.7. The van der Waals surface area contributed by atoms with Crippen LogP contribution in [0.5, 0.6) is 0 Å². The maximum Gasteiger partial charge on any atom is 0.216 e. The molecule has 1 aliphatic heterocycles. The summed E-state index contributed by atoms with van der Waals surface area (Å²) in [5.74, 6) is -1.27. The van der Waals surface area contributed by atoms with Crippen molar-refractivity contribution in [3.05, 3.63) is 0 Å². The van der Waals surface area contributed by atoms with Crippen molar-refractivity contribution in [3.8, 4) is 0 Å². The monoisotopic (exact) mass is 201 g/mol. The summed E-state index contributed by atoms with van der Waals surface area (Å²) in [6.45, 7) is 4.20. The Hall–Kier alpha value is -0.940. The molecule has 0 spiro atoms. The molecule has 1 saturated heterocycles. The third-order valence-corrected chi connectivity index (χ3v) is 1.99. The zero-order chi connectivity index (χ0) is 10.6. The van der Waals surface area contributed by atoms with Crippen molar-refractivity contribution in [2.24, 2.45) is 5.16 Å². The quantitative estimate of drug-likeness (QED) is 0.499. The van der Waals surface area contributed by atoms with Gasteiger partial charge in [-0.1, -0.05) is 5.16 Å². The van der Waals surface area contributed by atoms with E-state index >= 15 is 0 Å². The van der Waals surface area contributed by atoms with Crippen molar-refractivity contribution in [3.63, 3.8) is 0 Å². The molecule has 1 heterocycles. The van der Waals surface area contributed by atoms with Gasteiger partial charge in [0.05, 0.1) is 13.2 Å². The number of carbonyl (C=O) groups excluding carboxylic acids is 1. The van der Waals surface area contributed by atoms with E-state index in [0.717, 1.165) is 6.42 Å². The summed E-state index contributed by atoms with van der Waals surface area (Å²) in [5.41, 5.74) is 0.166. The number of ketones is 1. The maximum atomic E-state index is 11.3. The Morgan fingerprint density at radius 1 is 1.43 bits per heavy atom. The molecule has 0 aromatic rings. The van der Waals surface area contributed by atoms with E-state index in [1.165, 1.54) is 14.0 Å². The van der Waals surface area contributed by atoms with E-state index in [1.807, 2.05) is 0 Å². The van der Waals surface area contributed by atoms with Crippen molar-refractivity contribution < 1.29 is 19.1 Å². The van der Waals surface area contributed by atoms with Crippen LogP contribution in [0.2, 0.25) is 0 Å². The molecule has 0 radical (unpaired) electrons. The average Bonchev–Trinajstić information content (AvgIpc) is 2.14. The lowest BCUT2D eigenvalue weighted by Crippen LogP contribution is -2.48. The fourth-order valence-corrected chi connectivity index (χ4v) is 1.33. The summed E-state index contributed by atoms with van der Waals surface area (Å²) in [7, 11) is 1.38. The van der Waals surface area contributed by atoms with E-state index in [9.17, 15) is 4.79 Å². The van der Waals surface area contributed by atoms with Crippen LogP contribution in [-0.2, 0) is 19.1 Å². The van der Waals surface area contributed by atoms with Crippen LogP contribution in [0.1, 0.15) is 20.3 Å². The van der Waals surface area contributed by atoms with Crippen LogP contribution >= 0.6 is 0 Å². The van der Waals surface area contributed by atoms with Gasteiger partial charge in [0.15, 0.2) is 11.5 Å². The number of hydrogen-bond donors (Lipinski definition) is 0. The Bertz CT molecular complexity index is 243. The van der Waals surface area contributed by atoms with Crippen LogP contribution < -0.4 is 0 Å². The first-order valence-corrected chi connectivity index (χ1v) is 4.50. The van der Waals surface area contributed by atoms with Gasteiger partial charge in [-0.3, -0.25) is 4.79 Å². The summed E-state index contributed by atoms with van der Waals surface area (Å²) >= 11 is 0. The van der Waals surface area contributed by atoms with Gasteiger partial charge in [0.1, 0.15) is 7.11 Å². The molecule has 1 rings (SSSR count). The Balaban J connectivity index is 2.85. The SMILES string of the molecule is CO/N=C(/C(C)=O)C1(C)OCCCO1. The molecule has 1 aliphatic rings. The molecular formula is C9H15NO4. The van der Waals surface area contributed by atoms with Gasteiger partial charge in [0.2, 0.25) is 5.79 Å². The minimum Gasteiger partial charge on any atom is -0.399 e. The van der Waals surface area contributed by atoms with E-state index in [1.54, 1.807) is 6.92 Å². The lowest BCUT2D eigenvalue weighted by Gasteiger charge is -2.33. The summed E-state index contributed by atoms with van der Waals surface area (Å²) in [5, 5.41) is 3.64. The molecule has 0 N–H and O–H groups in total. The first kappa shape index (κ1) is 11.1. The van der Waals surface area contributed by atoms with E-state index in [2.05, 4.69) is 9.99 Å². The largest absolute Gasteiger partial charge is 0.399 e. The molecule has 0 aromatic carbocycles. The van der Waals surface area contributed by atoms with Crippen molar-refractivity contribution in [2.45, 2.75) is 26.1 Å². The minimum atomic E-state index is -1.06. The Morgan fingerprint density at radius 2 is 2.00 bits per heavy atom. The van der Waals surface area contributed by atoms with Gasteiger partial charge in [-0.25, -0.2) is 0 Å². The Kier molecular flexibility index (Phi) is 3.60. The number of hydrogen-bond acceptors (Lipinski definition) is 5. The summed E-state index contributed by atoms with van der Waals surface area (Å²) in [6.07, 6.45) is 0.827. The number of nitrogens with zero attached hydrogens (tertiary/aromatic N) is 1. The van der Waals surface area contributed by atoms with Gasteiger partial charge < -0.3 is 14.3 Å². The molecule has 0 aromatic heterocycles. The highest BCUT2D eigenvalue weighted by Crippen LogP contribution is 2.20. The lowest BCUT2D eigenvalue weighted by molar-refractivity contribution is -0.212. The normalized spacial score (nSPS) is 21.8. The second-order valence-electron chi connectivity index (χ2n) is 3.17. The van der Waals surface area contributed by atoms with E-state index < -0.39 is 5.79 Å². The molecule has 0 saturated carbocycles. The molecule has 1 fully saturated rings. The first-order valence-electron chi connectivity index (χ1n) is 4.50. The summed E-state index contributed by atoms with van der Waals surface area (Å²) in [4.78, 5) is 15.9. The second-order valence-corrected chi connectivity index (χ2v) is 3.17. The van der Waals surface area contributed by atoms with Crippen molar-refractivity contribution in [2.75, 3.05) is 20.3 Å². The third-order valence-electron chi connectivity index (χ3n) is 1.99. The molecule has 0 aliphatic carbocycles. The fourth-order valence-electron chi connectivity index (χ4n) is 1.33. The Morgan fingerprint density at radius 3 is 2.43 bits per heavy atom. The lowest BCUT2D eigenvalue weighted by atomic mass is 10.1. The van der Waals surface area contributed by atoms with Gasteiger partial charge in [-0.2, -0.15) is 0 Å². The van der Waals surface area contributed by atoms with Gasteiger partial charge in [0.25, 0.3) is 0 Å². The molecule has 0 bridgehead atoms. The van der Waals surface area contributed by atoms with Gasteiger partial charge in [0, 0.05) is 6.92 Å². The molecule has 5 heteroatoms. The zero-order valence-corrected chi connectivity index (χ0v) is 8.70. The van der Waals surface area contributed by atoms with Crippen LogP contribution in [0.25, 0.3) is 0 Å². The minimum absolute atomic E-state index is 0.166.